The first-order chi connectivity index (χ1) is 21.8. The van der Waals surface area contributed by atoms with E-state index in [0.29, 0.717) is 5.56 Å². The first kappa shape index (κ1) is 33.3. The second-order valence-electron chi connectivity index (χ2n) is 10.7. The molecule has 5 rings (SSSR count). The maximum atomic E-state index is 12.9. The Morgan fingerprint density at radius 1 is 0.848 bits per heavy atom. The first-order valence-corrected chi connectivity index (χ1v) is 13.9. The number of rotatable bonds is 8. The third-order valence-electron chi connectivity index (χ3n) is 7.55. The molecule has 9 N–H and O–H groups in total. The third-order valence-corrected chi connectivity index (χ3v) is 7.55. The van der Waals surface area contributed by atoms with E-state index < -0.39 is 114 Å². The molecule has 10 unspecified atom stereocenters. The van der Waals surface area contributed by atoms with Crippen molar-refractivity contribution in [2.45, 2.75) is 68.3 Å². The Morgan fingerprint density at radius 3 is 2.15 bits per heavy atom. The van der Waals surface area contributed by atoms with Gasteiger partial charge in [-0.3, -0.25) is 9.59 Å². The van der Waals surface area contributed by atoms with Crippen LogP contribution in [-0.4, -0.2) is 127 Å². The van der Waals surface area contributed by atoms with Crippen LogP contribution < -0.4 is 10.2 Å². The van der Waals surface area contributed by atoms with Gasteiger partial charge in [0.05, 0.1) is 6.61 Å². The molecule has 250 valence electrons. The number of carbonyl (C=O) groups is 1. The summed E-state index contributed by atoms with van der Waals surface area (Å²) in [6.07, 6.45) is -17.7. The fraction of sp³-hybridized carbons (Fsp3) is 0.448. The number of benzene rings is 2. The lowest BCUT2D eigenvalue weighted by Crippen LogP contribution is -2.65. The lowest BCUT2D eigenvalue weighted by atomic mass is 9.97. The number of hydrogen-bond acceptors (Lipinski definition) is 17. The normalized spacial score (nSPS) is 31.5. The van der Waals surface area contributed by atoms with Gasteiger partial charge in [0.2, 0.25) is 12.0 Å². The van der Waals surface area contributed by atoms with Crippen LogP contribution >= 0.6 is 0 Å². The molecule has 2 aliphatic rings. The summed E-state index contributed by atoms with van der Waals surface area (Å²) >= 11 is 0. The average Bonchev–Trinajstić information content (AvgIpc) is 3.02. The Hall–Kier alpha value is -4.04. The van der Waals surface area contributed by atoms with E-state index in [1.54, 1.807) is 0 Å². The zero-order chi connectivity index (χ0) is 33.4. The summed E-state index contributed by atoms with van der Waals surface area (Å²) in [4.78, 5) is 24.1. The number of aromatic hydroxyl groups is 3. The van der Waals surface area contributed by atoms with Gasteiger partial charge >= 0.3 is 5.97 Å². The maximum Gasteiger partial charge on any atom is 0.302 e. The van der Waals surface area contributed by atoms with Gasteiger partial charge in [-0.1, -0.05) is 0 Å². The molecule has 0 spiro atoms. The highest BCUT2D eigenvalue weighted by molar-refractivity contribution is 5.91. The van der Waals surface area contributed by atoms with Crippen LogP contribution in [0.1, 0.15) is 6.92 Å². The van der Waals surface area contributed by atoms with Crippen molar-refractivity contribution in [3.63, 3.8) is 0 Å². The molecule has 0 aliphatic carbocycles. The van der Waals surface area contributed by atoms with Gasteiger partial charge < -0.3 is 74.1 Å². The minimum absolute atomic E-state index is 0.0501. The number of esters is 1. The number of aliphatic hydroxyl groups excluding tert-OH is 6. The SMILES string of the molecule is CC(=O)OCC1OC(OC2C(Oc3cc(O)c4c(=O)cc(-c5ccc(O)cc5)oc4c3O)OC(CO)C(O)C2O)C(O)C(O)C1O. The number of phenolic OH excluding ortho intramolecular Hbond substituents is 3. The van der Waals surface area contributed by atoms with Crippen molar-refractivity contribution in [3.8, 4) is 34.3 Å². The lowest BCUT2D eigenvalue weighted by molar-refractivity contribution is -0.358. The number of phenols is 3. The molecule has 17 heteroatoms. The highest BCUT2D eigenvalue weighted by atomic mass is 16.8. The van der Waals surface area contributed by atoms with Gasteiger partial charge in [0.25, 0.3) is 0 Å². The Kier molecular flexibility index (Phi) is 9.68. The number of ether oxygens (including phenoxy) is 5. The average molecular weight is 653 g/mol. The van der Waals surface area contributed by atoms with Gasteiger partial charge in [-0.05, 0) is 24.3 Å². The van der Waals surface area contributed by atoms with Crippen molar-refractivity contribution >= 4 is 16.9 Å². The highest BCUT2D eigenvalue weighted by Crippen LogP contribution is 2.42. The van der Waals surface area contributed by atoms with Crippen LogP contribution in [0.25, 0.3) is 22.3 Å². The molecule has 3 heterocycles. The predicted octanol–water partition coefficient (Wildman–Crippen LogP) is -1.85. The van der Waals surface area contributed by atoms with Crippen LogP contribution in [0.4, 0.5) is 0 Å². The lowest BCUT2D eigenvalue weighted by Gasteiger charge is -2.45. The molecular formula is C29H32O17. The van der Waals surface area contributed by atoms with E-state index in [9.17, 15) is 55.5 Å². The molecule has 0 bridgehead atoms. The summed E-state index contributed by atoms with van der Waals surface area (Å²) in [7, 11) is 0. The van der Waals surface area contributed by atoms with Gasteiger partial charge in [-0.25, -0.2) is 0 Å². The molecule has 1 aromatic heterocycles. The second-order valence-corrected chi connectivity index (χ2v) is 10.7. The maximum absolute atomic E-state index is 12.9. The van der Waals surface area contributed by atoms with Crippen LogP contribution in [0.15, 0.2) is 45.6 Å². The van der Waals surface area contributed by atoms with Crippen molar-refractivity contribution in [2.24, 2.45) is 0 Å². The van der Waals surface area contributed by atoms with Crippen molar-refractivity contribution in [2.75, 3.05) is 13.2 Å². The fourth-order valence-electron chi connectivity index (χ4n) is 5.08. The summed E-state index contributed by atoms with van der Waals surface area (Å²) in [5, 5.41) is 93.3. The molecule has 0 saturated carbocycles. The quantitative estimate of drug-likeness (QED) is 0.0954. The van der Waals surface area contributed by atoms with Gasteiger partial charge in [0.15, 0.2) is 29.2 Å². The Morgan fingerprint density at radius 2 is 1.50 bits per heavy atom. The van der Waals surface area contributed by atoms with E-state index in [4.69, 9.17) is 28.1 Å². The van der Waals surface area contributed by atoms with Crippen molar-refractivity contribution < 1.29 is 78.9 Å². The molecule has 2 saturated heterocycles. The Bertz CT molecular complexity index is 1610. The first-order valence-electron chi connectivity index (χ1n) is 13.9. The molecule has 10 atom stereocenters. The molecule has 2 fully saturated rings. The molecule has 2 aliphatic heterocycles. The minimum Gasteiger partial charge on any atom is -0.508 e. The summed E-state index contributed by atoms with van der Waals surface area (Å²) in [5.74, 6) is -2.94. The summed E-state index contributed by atoms with van der Waals surface area (Å²) in [5.41, 5.74) is -0.931. The van der Waals surface area contributed by atoms with E-state index in [1.807, 2.05) is 0 Å². The van der Waals surface area contributed by atoms with E-state index in [1.165, 1.54) is 24.3 Å². The van der Waals surface area contributed by atoms with Gasteiger partial charge in [-0.2, -0.15) is 0 Å². The molecule has 0 amide bonds. The Labute approximate surface area is 258 Å². The number of carbonyl (C=O) groups excluding carboxylic acids is 1. The smallest absolute Gasteiger partial charge is 0.302 e. The number of fused-ring (bicyclic) bond motifs is 1. The molecule has 17 nitrogen and oxygen atoms in total. The van der Waals surface area contributed by atoms with Crippen LogP contribution in [0, 0.1) is 0 Å². The summed E-state index contributed by atoms with van der Waals surface area (Å²) in [6.45, 7) is -0.298. The monoisotopic (exact) mass is 652 g/mol. The van der Waals surface area contributed by atoms with Gasteiger partial charge in [0.1, 0.15) is 72.0 Å². The number of hydrogen-bond donors (Lipinski definition) is 9. The second kappa shape index (κ2) is 13.4. The van der Waals surface area contributed by atoms with Crippen LogP contribution in [0.3, 0.4) is 0 Å². The van der Waals surface area contributed by atoms with Crippen molar-refractivity contribution in [3.05, 3.63) is 46.6 Å². The topological polar surface area (TPSA) is 275 Å². The molecule has 0 radical (unpaired) electrons. The third kappa shape index (κ3) is 6.45. The minimum atomic E-state index is -1.95. The largest absolute Gasteiger partial charge is 0.508 e. The van der Waals surface area contributed by atoms with Crippen molar-refractivity contribution in [1.82, 2.24) is 0 Å². The van der Waals surface area contributed by atoms with E-state index in [2.05, 4.69) is 0 Å². The summed E-state index contributed by atoms with van der Waals surface area (Å²) < 4.78 is 33.0. The molecule has 46 heavy (non-hydrogen) atoms. The van der Waals surface area contributed by atoms with Crippen LogP contribution in [-0.2, 0) is 23.7 Å². The Balaban J connectivity index is 1.49. The molecule has 3 aromatic rings. The van der Waals surface area contributed by atoms with E-state index in [-0.39, 0.29) is 11.5 Å². The van der Waals surface area contributed by atoms with Gasteiger partial charge in [0, 0.05) is 24.6 Å². The van der Waals surface area contributed by atoms with E-state index in [0.717, 1.165) is 19.1 Å². The molecule has 2 aromatic carbocycles. The zero-order valence-electron chi connectivity index (χ0n) is 23.9. The highest BCUT2D eigenvalue weighted by Gasteiger charge is 2.51. The van der Waals surface area contributed by atoms with Crippen LogP contribution in [0.5, 0.6) is 23.0 Å². The standard InChI is InChI=1S/C29H32O17/c1-10(31)41-9-18-21(36)23(38)25(40)28(45-18)46-27-24(39)20(35)17(8-30)44-29(27)43-16-7-14(34)19-13(33)6-15(42-26(19)22(16)37)11-2-4-12(32)5-3-11/h2-7,17-18,20-21,23-25,27-30,32,34-40H,8-9H2,1H3. The molecular weight excluding hydrogens is 620 g/mol. The van der Waals surface area contributed by atoms with E-state index >= 15 is 0 Å². The summed E-state index contributed by atoms with van der Waals surface area (Å²) in [6, 6.07) is 7.43. The number of aliphatic hydroxyl groups is 6. The predicted molar refractivity (Wildman–Crippen MR) is 149 cm³/mol. The van der Waals surface area contributed by atoms with Crippen molar-refractivity contribution in [1.29, 1.82) is 0 Å². The fourth-order valence-corrected chi connectivity index (χ4v) is 5.08. The van der Waals surface area contributed by atoms with Gasteiger partial charge in [-0.15, -0.1) is 0 Å². The zero-order valence-corrected chi connectivity index (χ0v) is 23.9. The van der Waals surface area contributed by atoms with Crippen LogP contribution in [0.2, 0.25) is 0 Å².